The molecule has 0 saturated carbocycles. The van der Waals surface area contributed by atoms with E-state index in [4.69, 9.17) is 4.42 Å². The van der Waals surface area contributed by atoms with Crippen LogP contribution in [0.1, 0.15) is 36.1 Å². The first-order valence-electron chi connectivity index (χ1n) is 9.41. The van der Waals surface area contributed by atoms with Crippen molar-refractivity contribution in [3.8, 4) is 0 Å². The van der Waals surface area contributed by atoms with Crippen LogP contribution >= 0.6 is 24.0 Å². The van der Waals surface area contributed by atoms with E-state index in [2.05, 4.69) is 69.2 Å². The highest BCUT2D eigenvalue weighted by atomic mass is 127. The third-order valence-corrected chi connectivity index (χ3v) is 5.15. The third-order valence-electron chi connectivity index (χ3n) is 5.15. The molecule has 1 unspecified atom stereocenters. The number of aliphatic imine (C=N–C) groups is 1. The normalized spacial score (nSPS) is 16.2. The summed E-state index contributed by atoms with van der Waals surface area (Å²) in [5, 5.41) is 3.55. The summed E-state index contributed by atoms with van der Waals surface area (Å²) in [6.07, 6.45) is 4.60. The second-order valence-corrected chi connectivity index (χ2v) is 7.10. The maximum absolute atomic E-state index is 5.95. The van der Waals surface area contributed by atoms with E-state index in [0.29, 0.717) is 0 Å². The van der Waals surface area contributed by atoms with Crippen molar-refractivity contribution in [2.45, 2.75) is 32.4 Å². The highest BCUT2D eigenvalue weighted by Gasteiger charge is 2.26. The second-order valence-electron chi connectivity index (χ2n) is 7.10. The molecule has 0 aromatic carbocycles. The van der Waals surface area contributed by atoms with Crippen LogP contribution in [0, 0.1) is 6.92 Å². The minimum absolute atomic E-state index is 0. The van der Waals surface area contributed by atoms with Crippen LogP contribution < -0.4 is 5.32 Å². The molecule has 0 amide bonds. The molecule has 7 heteroatoms. The van der Waals surface area contributed by atoms with Crippen LogP contribution in [0.25, 0.3) is 0 Å². The van der Waals surface area contributed by atoms with Crippen molar-refractivity contribution in [3.05, 3.63) is 47.7 Å². The Morgan fingerprint density at radius 1 is 1.30 bits per heavy atom. The van der Waals surface area contributed by atoms with Gasteiger partial charge in [0.15, 0.2) is 5.96 Å². The molecule has 6 nitrogen and oxygen atoms in total. The van der Waals surface area contributed by atoms with Crippen LogP contribution in [0.3, 0.4) is 0 Å². The zero-order chi connectivity index (χ0) is 18.5. The maximum atomic E-state index is 5.95. The van der Waals surface area contributed by atoms with Gasteiger partial charge in [-0.05, 0) is 57.1 Å². The number of rotatable bonds is 6. The topological polar surface area (TPSA) is 48.9 Å². The van der Waals surface area contributed by atoms with Crippen molar-refractivity contribution in [1.29, 1.82) is 0 Å². The number of aromatic nitrogens is 1. The molecular weight excluding hydrogens is 453 g/mol. The molecule has 1 fully saturated rings. The summed E-state index contributed by atoms with van der Waals surface area (Å²) in [4.78, 5) is 9.13. The smallest absolute Gasteiger partial charge is 0.193 e. The zero-order valence-electron chi connectivity index (χ0n) is 16.8. The predicted octanol–water partition coefficient (Wildman–Crippen LogP) is 3.39. The molecule has 3 heterocycles. The monoisotopic (exact) mass is 485 g/mol. The number of hydrogen-bond donors (Lipinski definition) is 1. The molecule has 2 aromatic rings. The van der Waals surface area contributed by atoms with Crippen molar-refractivity contribution in [2.75, 3.05) is 33.7 Å². The molecular formula is C20H32IN5O. The van der Waals surface area contributed by atoms with E-state index in [1.807, 2.05) is 14.0 Å². The highest BCUT2D eigenvalue weighted by Crippen LogP contribution is 2.26. The molecule has 1 atom stereocenters. The number of aryl methyl sites for hydroxylation is 2. The van der Waals surface area contributed by atoms with Gasteiger partial charge in [-0.3, -0.25) is 9.89 Å². The fourth-order valence-electron chi connectivity index (χ4n) is 3.65. The molecule has 0 radical (unpaired) electrons. The summed E-state index contributed by atoms with van der Waals surface area (Å²) in [6.45, 7) is 5.87. The SMILES string of the molecule is CN=C(NCC(c1ccc(C)o1)N1CCCC1)N(C)Cc1cccn1C.I. The van der Waals surface area contributed by atoms with E-state index in [0.717, 1.165) is 43.7 Å². The van der Waals surface area contributed by atoms with Gasteiger partial charge in [0.25, 0.3) is 0 Å². The van der Waals surface area contributed by atoms with Crippen molar-refractivity contribution in [1.82, 2.24) is 19.7 Å². The van der Waals surface area contributed by atoms with Crippen LogP contribution in [-0.4, -0.2) is 54.1 Å². The van der Waals surface area contributed by atoms with Gasteiger partial charge in [-0.25, -0.2) is 0 Å². The van der Waals surface area contributed by atoms with Crippen LogP contribution in [0.4, 0.5) is 0 Å². The lowest BCUT2D eigenvalue weighted by atomic mass is 10.2. The molecule has 3 rings (SSSR count). The number of likely N-dealkylation sites (tertiary alicyclic amines) is 1. The molecule has 0 spiro atoms. The van der Waals surface area contributed by atoms with E-state index in [9.17, 15) is 0 Å². The first-order valence-corrected chi connectivity index (χ1v) is 9.41. The molecule has 1 N–H and O–H groups in total. The van der Waals surface area contributed by atoms with Gasteiger partial charge in [0.1, 0.15) is 11.5 Å². The van der Waals surface area contributed by atoms with Gasteiger partial charge in [0, 0.05) is 39.6 Å². The van der Waals surface area contributed by atoms with Gasteiger partial charge in [0.05, 0.1) is 12.6 Å². The standard InChI is InChI=1S/C20H31N5O.HI/c1-16-9-10-19(26-16)18(25-12-5-6-13-25)14-22-20(21-2)24(4)15-17-8-7-11-23(17)3;/h7-11,18H,5-6,12-15H2,1-4H3,(H,21,22);1H. The van der Waals surface area contributed by atoms with E-state index < -0.39 is 0 Å². The average molecular weight is 485 g/mol. The number of nitrogens with zero attached hydrogens (tertiary/aromatic N) is 4. The van der Waals surface area contributed by atoms with Crippen LogP contribution in [0.2, 0.25) is 0 Å². The number of nitrogens with one attached hydrogen (secondary N) is 1. The Hall–Kier alpha value is -1.48. The van der Waals surface area contributed by atoms with Crippen molar-refractivity contribution >= 4 is 29.9 Å². The van der Waals surface area contributed by atoms with Gasteiger partial charge < -0.3 is 19.2 Å². The van der Waals surface area contributed by atoms with Crippen LogP contribution in [0.15, 0.2) is 39.9 Å². The van der Waals surface area contributed by atoms with E-state index in [1.54, 1.807) is 0 Å². The molecule has 150 valence electrons. The van der Waals surface area contributed by atoms with Crippen molar-refractivity contribution in [2.24, 2.45) is 12.0 Å². The number of guanidine groups is 1. The van der Waals surface area contributed by atoms with Crippen molar-refractivity contribution < 1.29 is 4.42 Å². The van der Waals surface area contributed by atoms with E-state index in [1.165, 1.54) is 18.5 Å². The summed E-state index contributed by atoms with van der Waals surface area (Å²) in [5.74, 6) is 2.91. The fraction of sp³-hybridized carbons (Fsp3) is 0.550. The Morgan fingerprint density at radius 2 is 2.04 bits per heavy atom. The van der Waals surface area contributed by atoms with Gasteiger partial charge in [-0.2, -0.15) is 0 Å². The number of furan rings is 1. The van der Waals surface area contributed by atoms with E-state index >= 15 is 0 Å². The van der Waals surface area contributed by atoms with E-state index in [-0.39, 0.29) is 30.0 Å². The zero-order valence-corrected chi connectivity index (χ0v) is 19.1. The molecule has 2 aromatic heterocycles. The largest absolute Gasteiger partial charge is 0.465 e. The minimum atomic E-state index is 0. The summed E-state index contributed by atoms with van der Waals surface area (Å²) < 4.78 is 8.09. The number of hydrogen-bond acceptors (Lipinski definition) is 3. The Bertz CT molecular complexity index is 732. The Morgan fingerprint density at radius 3 is 2.59 bits per heavy atom. The quantitative estimate of drug-likeness (QED) is 0.387. The minimum Gasteiger partial charge on any atom is -0.465 e. The predicted molar refractivity (Wildman–Crippen MR) is 121 cm³/mol. The average Bonchev–Trinajstić information content (AvgIpc) is 3.36. The Labute approximate surface area is 179 Å². The molecule has 1 aliphatic rings. The van der Waals surface area contributed by atoms with Gasteiger partial charge in [-0.15, -0.1) is 24.0 Å². The first kappa shape index (κ1) is 21.8. The summed E-state index contributed by atoms with van der Waals surface area (Å²) in [7, 11) is 5.98. The highest BCUT2D eigenvalue weighted by molar-refractivity contribution is 14.0. The fourth-order valence-corrected chi connectivity index (χ4v) is 3.65. The molecule has 1 aliphatic heterocycles. The van der Waals surface area contributed by atoms with Gasteiger partial charge in [-0.1, -0.05) is 0 Å². The maximum Gasteiger partial charge on any atom is 0.193 e. The molecule has 0 aliphatic carbocycles. The summed E-state index contributed by atoms with van der Waals surface area (Å²) in [5.41, 5.74) is 1.26. The van der Waals surface area contributed by atoms with Crippen LogP contribution in [0.5, 0.6) is 0 Å². The molecule has 27 heavy (non-hydrogen) atoms. The lowest BCUT2D eigenvalue weighted by molar-refractivity contribution is 0.212. The van der Waals surface area contributed by atoms with Crippen LogP contribution in [-0.2, 0) is 13.6 Å². The Balaban J connectivity index is 0.00000261. The molecule has 1 saturated heterocycles. The summed E-state index contributed by atoms with van der Waals surface area (Å²) in [6, 6.07) is 8.61. The summed E-state index contributed by atoms with van der Waals surface area (Å²) >= 11 is 0. The third kappa shape index (κ3) is 5.51. The lowest BCUT2D eigenvalue weighted by Gasteiger charge is -2.29. The van der Waals surface area contributed by atoms with Crippen molar-refractivity contribution in [3.63, 3.8) is 0 Å². The first-order chi connectivity index (χ1) is 12.6. The van der Waals surface area contributed by atoms with Gasteiger partial charge in [0.2, 0.25) is 0 Å². The lowest BCUT2D eigenvalue weighted by Crippen LogP contribution is -2.43. The Kier molecular flexibility index (Phi) is 8.22. The number of halogens is 1. The molecule has 0 bridgehead atoms. The second kappa shape index (κ2) is 10.2. The van der Waals surface area contributed by atoms with Gasteiger partial charge >= 0.3 is 0 Å².